The number of hydrogen-bond acceptors (Lipinski definition) is 5. The highest BCUT2D eigenvalue weighted by Crippen LogP contribution is 2.56. The van der Waals surface area contributed by atoms with Gasteiger partial charge in [-0.3, -0.25) is 14.5 Å². The van der Waals surface area contributed by atoms with Crippen molar-refractivity contribution in [3.05, 3.63) is 35.9 Å². The Kier molecular flexibility index (Phi) is 4.00. The molecule has 2 N–H and O–H groups in total. The first-order chi connectivity index (χ1) is 11.7. The highest BCUT2D eigenvalue weighted by molar-refractivity contribution is 8.01. The van der Waals surface area contributed by atoms with Crippen LogP contribution in [-0.4, -0.2) is 49.5 Å². The third-order valence-corrected chi connectivity index (χ3v) is 6.30. The zero-order valence-electron chi connectivity index (χ0n) is 13.7. The van der Waals surface area contributed by atoms with Gasteiger partial charge in [0.25, 0.3) is 5.91 Å². The predicted octanol–water partition coefficient (Wildman–Crippen LogP) is 0.755. The number of thioether (sulfide) groups is 1. The average Bonchev–Trinajstić information content (AvgIpc) is 2.78. The summed E-state index contributed by atoms with van der Waals surface area (Å²) in [7, 11) is 0. The smallest absolute Gasteiger partial charge is 0.346 e. The molecule has 3 atom stereocenters. The van der Waals surface area contributed by atoms with E-state index in [-0.39, 0.29) is 12.3 Å². The molecule has 2 fully saturated rings. The first kappa shape index (κ1) is 17.3. The Labute approximate surface area is 149 Å². The summed E-state index contributed by atoms with van der Waals surface area (Å²) in [5.74, 6) is -2.20. The second kappa shape index (κ2) is 5.77. The van der Waals surface area contributed by atoms with E-state index in [1.54, 1.807) is 13.8 Å². The van der Waals surface area contributed by atoms with Gasteiger partial charge in [-0.05, 0) is 19.4 Å². The lowest BCUT2D eigenvalue weighted by molar-refractivity contribution is -0.166. The summed E-state index contributed by atoms with van der Waals surface area (Å²) >= 11 is 1.22. The van der Waals surface area contributed by atoms with Crippen LogP contribution in [0.25, 0.3) is 0 Å². The molecule has 2 aliphatic heterocycles. The molecule has 1 aromatic carbocycles. The van der Waals surface area contributed by atoms with Crippen molar-refractivity contribution in [3.8, 4) is 6.07 Å². The minimum atomic E-state index is -1.93. The molecule has 0 radical (unpaired) electrons. The fraction of sp³-hybridized carbons (Fsp3) is 0.412. The van der Waals surface area contributed by atoms with Crippen LogP contribution in [0.2, 0.25) is 0 Å². The standard InChI is InChI=1S/C17H17N3O4S/c1-16(2)17(9-18,15(23)24)20-13(22)12(14(20)25-16)19-11(21)8-10-6-4-3-5-7-10/h3-7,12,14H,8H2,1-2H3,(H,19,21)(H,23,24)/t12-,14+,17-/m0/s1. The quantitative estimate of drug-likeness (QED) is 0.768. The van der Waals surface area contributed by atoms with Gasteiger partial charge in [0.15, 0.2) is 0 Å². The number of hydrogen-bond donors (Lipinski definition) is 2. The summed E-state index contributed by atoms with van der Waals surface area (Å²) in [6.45, 7) is 3.26. The monoisotopic (exact) mass is 359 g/mol. The predicted molar refractivity (Wildman–Crippen MR) is 90.4 cm³/mol. The van der Waals surface area contributed by atoms with Crippen molar-refractivity contribution < 1.29 is 19.5 Å². The molecule has 0 aliphatic carbocycles. The van der Waals surface area contributed by atoms with Crippen molar-refractivity contribution in [2.75, 3.05) is 0 Å². The fourth-order valence-corrected chi connectivity index (χ4v) is 5.05. The fourth-order valence-electron chi connectivity index (χ4n) is 3.35. The average molecular weight is 359 g/mol. The number of carboxylic acid groups (broad SMARTS) is 1. The topological polar surface area (TPSA) is 111 Å². The van der Waals surface area contributed by atoms with Crippen LogP contribution in [-0.2, 0) is 20.8 Å². The van der Waals surface area contributed by atoms with E-state index >= 15 is 0 Å². The van der Waals surface area contributed by atoms with E-state index in [1.807, 2.05) is 36.4 Å². The van der Waals surface area contributed by atoms with Gasteiger partial charge in [0.2, 0.25) is 11.4 Å². The van der Waals surface area contributed by atoms with E-state index in [9.17, 15) is 24.8 Å². The summed E-state index contributed by atoms with van der Waals surface area (Å²) in [5, 5.41) is 21.2. The summed E-state index contributed by atoms with van der Waals surface area (Å²) in [4.78, 5) is 37.5. The number of nitriles is 1. The Hall–Kier alpha value is -2.53. The molecule has 2 amide bonds. The van der Waals surface area contributed by atoms with E-state index in [2.05, 4.69) is 5.32 Å². The number of amides is 2. The van der Waals surface area contributed by atoms with E-state index < -0.39 is 33.6 Å². The van der Waals surface area contributed by atoms with Crippen LogP contribution >= 0.6 is 11.8 Å². The van der Waals surface area contributed by atoms with E-state index in [1.165, 1.54) is 11.8 Å². The van der Waals surface area contributed by atoms with Gasteiger partial charge < -0.3 is 10.4 Å². The van der Waals surface area contributed by atoms with E-state index in [0.29, 0.717) is 0 Å². The Bertz CT molecular complexity index is 789. The minimum Gasteiger partial charge on any atom is -0.479 e. The number of rotatable bonds is 4. The van der Waals surface area contributed by atoms with Crippen molar-refractivity contribution in [2.24, 2.45) is 0 Å². The van der Waals surface area contributed by atoms with Crippen LogP contribution in [0.3, 0.4) is 0 Å². The molecule has 3 rings (SSSR count). The number of aliphatic carboxylic acids is 1. The lowest BCUT2D eigenvalue weighted by atomic mass is 9.82. The number of fused-ring (bicyclic) bond motifs is 1. The number of nitrogens with one attached hydrogen (secondary N) is 1. The zero-order chi connectivity index (χ0) is 18.4. The molecule has 130 valence electrons. The van der Waals surface area contributed by atoms with Gasteiger partial charge in [0.05, 0.1) is 11.2 Å². The molecule has 2 aliphatic rings. The number of carbonyl (C=O) groups excluding carboxylic acids is 2. The molecule has 0 unspecified atom stereocenters. The van der Waals surface area contributed by atoms with Crippen LogP contribution in [0.15, 0.2) is 30.3 Å². The Morgan fingerprint density at radius 1 is 1.36 bits per heavy atom. The first-order valence-electron chi connectivity index (χ1n) is 7.73. The lowest BCUT2D eigenvalue weighted by Crippen LogP contribution is -2.75. The summed E-state index contributed by atoms with van der Waals surface area (Å²) in [5.41, 5.74) is -1.11. The highest BCUT2D eigenvalue weighted by Gasteiger charge is 2.73. The van der Waals surface area contributed by atoms with Gasteiger partial charge in [0.1, 0.15) is 17.5 Å². The summed E-state index contributed by atoms with van der Waals surface area (Å²) in [6.07, 6.45) is 0.133. The van der Waals surface area contributed by atoms with Gasteiger partial charge in [-0.1, -0.05) is 30.3 Å². The zero-order valence-corrected chi connectivity index (χ0v) is 14.5. The van der Waals surface area contributed by atoms with E-state index in [4.69, 9.17) is 0 Å². The number of nitrogens with zero attached hydrogens (tertiary/aromatic N) is 2. The maximum Gasteiger partial charge on any atom is 0.346 e. The number of benzene rings is 1. The molecule has 0 spiro atoms. The molecule has 0 aromatic heterocycles. The summed E-state index contributed by atoms with van der Waals surface area (Å²) in [6, 6.07) is 10.1. The third kappa shape index (κ3) is 2.38. The van der Waals surface area contributed by atoms with Crippen molar-refractivity contribution in [1.82, 2.24) is 10.2 Å². The molecule has 7 nitrogen and oxygen atoms in total. The molecule has 0 saturated carbocycles. The SMILES string of the molecule is CC1(C)S[C@@H]2[C@@H](NC(=O)Cc3ccccc3)C(=O)N2[C@@]1(C#N)C(=O)O. The first-order valence-corrected chi connectivity index (χ1v) is 8.61. The van der Waals surface area contributed by atoms with Crippen molar-refractivity contribution >= 4 is 29.5 Å². The molecule has 2 saturated heterocycles. The van der Waals surface area contributed by atoms with Crippen molar-refractivity contribution in [3.63, 3.8) is 0 Å². The molecule has 0 bridgehead atoms. The van der Waals surface area contributed by atoms with Gasteiger partial charge in [-0.15, -0.1) is 11.8 Å². The third-order valence-electron chi connectivity index (χ3n) is 4.69. The second-order valence-electron chi connectivity index (χ2n) is 6.56. The van der Waals surface area contributed by atoms with Crippen LogP contribution in [0.1, 0.15) is 19.4 Å². The number of carboxylic acids is 1. The largest absolute Gasteiger partial charge is 0.479 e. The normalized spacial score (nSPS) is 29.3. The Morgan fingerprint density at radius 3 is 2.56 bits per heavy atom. The maximum absolute atomic E-state index is 12.5. The molecular weight excluding hydrogens is 342 g/mol. The second-order valence-corrected chi connectivity index (χ2v) is 8.30. The molecular formula is C17H17N3O4S. The van der Waals surface area contributed by atoms with Crippen LogP contribution in [0.4, 0.5) is 0 Å². The summed E-state index contributed by atoms with van der Waals surface area (Å²) < 4.78 is -0.993. The van der Waals surface area contributed by atoms with E-state index in [0.717, 1.165) is 10.5 Å². The molecule has 8 heteroatoms. The number of β-lactam (4-membered cyclic amide) rings is 1. The minimum absolute atomic E-state index is 0.133. The van der Waals surface area contributed by atoms with Crippen LogP contribution in [0.5, 0.6) is 0 Å². The van der Waals surface area contributed by atoms with Crippen LogP contribution < -0.4 is 5.32 Å². The van der Waals surface area contributed by atoms with Gasteiger partial charge in [-0.25, -0.2) is 4.79 Å². The van der Waals surface area contributed by atoms with Gasteiger partial charge >= 0.3 is 5.97 Å². The Balaban J connectivity index is 1.76. The highest BCUT2D eigenvalue weighted by atomic mass is 32.2. The van der Waals surface area contributed by atoms with Crippen LogP contribution in [0, 0.1) is 11.3 Å². The van der Waals surface area contributed by atoms with Crippen molar-refractivity contribution in [2.45, 2.75) is 42.0 Å². The van der Waals surface area contributed by atoms with Gasteiger partial charge in [-0.2, -0.15) is 5.26 Å². The number of carbonyl (C=O) groups is 3. The Morgan fingerprint density at radius 2 is 2.00 bits per heavy atom. The molecule has 25 heavy (non-hydrogen) atoms. The lowest BCUT2D eigenvalue weighted by Gasteiger charge is -2.46. The van der Waals surface area contributed by atoms with Crippen molar-refractivity contribution in [1.29, 1.82) is 5.26 Å². The maximum atomic E-state index is 12.5. The molecule has 2 heterocycles. The van der Waals surface area contributed by atoms with Gasteiger partial charge in [0, 0.05) is 0 Å². The molecule has 1 aromatic rings.